The Kier molecular flexibility index (Phi) is 4.26. The molecule has 0 atom stereocenters. The lowest BCUT2D eigenvalue weighted by molar-refractivity contribution is 0.214. The zero-order valence-corrected chi connectivity index (χ0v) is 7.89. The molecule has 0 aromatic carbocycles. The molecule has 11 heavy (non-hydrogen) atoms. The second-order valence-corrected chi connectivity index (χ2v) is 3.70. The second-order valence-electron chi connectivity index (χ2n) is 3.26. The van der Waals surface area contributed by atoms with E-state index in [4.69, 9.17) is 5.73 Å². The van der Waals surface area contributed by atoms with Crippen LogP contribution in [0.4, 0.5) is 0 Å². The van der Waals surface area contributed by atoms with Crippen LogP contribution in [0.25, 0.3) is 0 Å². The summed E-state index contributed by atoms with van der Waals surface area (Å²) >= 11 is 4.19. The van der Waals surface area contributed by atoms with Crippen molar-refractivity contribution in [3.8, 4) is 0 Å². The molecule has 0 aromatic heterocycles. The largest absolute Gasteiger partial charge is 0.328 e. The molecule has 2 N–H and O–H groups in total. The molecule has 0 spiro atoms. The van der Waals surface area contributed by atoms with E-state index >= 15 is 0 Å². The van der Waals surface area contributed by atoms with Crippen LogP contribution < -0.4 is 5.73 Å². The summed E-state index contributed by atoms with van der Waals surface area (Å²) in [5.74, 6) is 1.00. The van der Waals surface area contributed by atoms with E-state index < -0.39 is 0 Å². The highest BCUT2D eigenvalue weighted by atomic mass is 32.1. The van der Waals surface area contributed by atoms with E-state index in [1.165, 1.54) is 38.9 Å². The summed E-state index contributed by atoms with van der Waals surface area (Å²) in [7, 11) is 0. The van der Waals surface area contributed by atoms with Gasteiger partial charge in [0.25, 0.3) is 0 Å². The number of rotatable bonds is 3. The van der Waals surface area contributed by atoms with Gasteiger partial charge in [0, 0.05) is 6.04 Å². The fourth-order valence-corrected chi connectivity index (χ4v) is 1.61. The number of hydrogen-bond acceptors (Lipinski definition) is 3. The smallest absolute Gasteiger partial charge is 0.00631 e. The van der Waals surface area contributed by atoms with Crippen molar-refractivity contribution < 1.29 is 0 Å². The molecule has 0 unspecified atom stereocenters. The molecule has 0 radical (unpaired) electrons. The van der Waals surface area contributed by atoms with Crippen molar-refractivity contribution in [3.63, 3.8) is 0 Å². The maximum absolute atomic E-state index is 5.78. The third-order valence-corrected chi connectivity index (χ3v) is 2.58. The van der Waals surface area contributed by atoms with Gasteiger partial charge in [-0.25, -0.2) is 0 Å². The summed E-state index contributed by atoms with van der Waals surface area (Å²) < 4.78 is 0. The predicted octanol–water partition coefficient (Wildman–Crippen LogP) is 0.729. The first-order valence-electron chi connectivity index (χ1n) is 4.41. The number of hydrogen-bond donors (Lipinski definition) is 2. The first-order chi connectivity index (χ1) is 5.33. The number of piperidine rings is 1. The normalized spacial score (nSPS) is 22.4. The minimum atomic E-state index is 0.460. The Morgan fingerprint density at radius 1 is 1.36 bits per heavy atom. The van der Waals surface area contributed by atoms with Gasteiger partial charge in [0.2, 0.25) is 0 Å². The highest BCUT2D eigenvalue weighted by molar-refractivity contribution is 7.80. The first-order valence-corrected chi connectivity index (χ1v) is 5.05. The molecular weight excluding hydrogens is 156 g/mol. The van der Waals surface area contributed by atoms with Crippen LogP contribution in [0.15, 0.2) is 0 Å². The van der Waals surface area contributed by atoms with Crippen molar-refractivity contribution in [2.75, 3.05) is 25.4 Å². The highest BCUT2D eigenvalue weighted by Crippen LogP contribution is 2.08. The predicted molar refractivity (Wildman–Crippen MR) is 52.1 cm³/mol. The molecule has 66 valence electrons. The van der Waals surface area contributed by atoms with Crippen LogP contribution in [-0.2, 0) is 0 Å². The van der Waals surface area contributed by atoms with Gasteiger partial charge in [0.15, 0.2) is 0 Å². The summed E-state index contributed by atoms with van der Waals surface area (Å²) in [6.07, 6.45) is 3.55. The van der Waals surface area contributed by atoms with Crippen molar-refractivity contribution in [2.45, 2.75) is 25.3 Å². The van der Waals surface area contributed by atoms with Crippen molar-refractivity contribution in [2.24, 2.45) is 5.73 Å². The van der Waals surface area contributed by atoms with Gasteiger partial charge in [-0.3, -0.25) is 0 Å². The van der Waals surface area contributed by atoms with Crippen LogP contribution in [0, 0.1) is 0 Å². The van der Waals surface area contributed by atoms with E-state index in [2.05, 4.69) is 17.5 Å². The fourth-order valence-electron chi connectivity index (χ4n) is 1.47. The Morgan fingerprint density at radius 3 is 2.55 bits per heavy atom. The molecule has 0 saturated carbocycles. The van der Waals surface area contributed by atoms with Crippen LogP contribution in [0.5, 0.6) is 0 Å². The van der Waals surface area contributed by atoms with Gasteiger partial charge in [-0.05, 0) is 44.6 Å². The molecule has 0 bridgehead atoms. The third kappa shape index (κ3) is 3.45. The van der Waals surface area contributed by atoms with Crippen molar-refractivity contribution >= 4 is 12.6 Å². The monoisotopic (exact) mass is 174 g/mol. The SMILES string of the molecule is NC1CCN(CCCS)CC1. The van der Waals surface area contributed by atoms with Gasteiger partial charge >= 0.3 is 0 Å². The topological polar surface area (TPSA) is 29.3 Å². The standard InChI is InChI=1S/C8H18N2S/c9-8-2-5-10(6-3-8)4-1-7-11/h8,11H,1-7,9H2. The number of thiol groups is 1. The molecular formula is C8H18N2S. The molecule has 0 aromatic rings. The van der Waals surface area contributed by atoms with Crippen molar-refractivity contribution in [3.05, 3.63) is 0 Å². The lowest BCUT2D eigenvalue weighted by Crippen LogP contribution is -2.40. The average Bonchev–Trinajstić information content (AvgIpc) is 2.04. The summed E-state index contributed by atoms with van der Waals surface area (Å²) in [6.45, 7) is 3.58. The summed E-state index contributed by atoms with van der Waals surface area (Å²) in [5, 5.41) is 0. The van der Waals surface area contributed by atoms with Crippen LogP contribution in [0.1, 0.15) is 19.3 Å². The Balaban J connectivity index is 2.07. The van der Waals surface area contributed by atoms with E-state index in [1.54, 1.807) is 0 Å². The molecule has 1 saturated heterocycles. The zero-order chi connectivity index (χ0) is 8.10. The fraction of sp³-hybridized carbons (Fsp3) is 1.00. The minimum absolute atomic E-state index is 0.460. The van der Waals surface area contributed by atoms with Crippen molar-refractivity contribution in [1.29, 1.82) is 0 Å². The van der Waals surface area contributed by atoms with Crippen LogP contribution in [-0.4, -0.2) is 36.3 Å². The molecule has 0 aliphatic carbocycles. The van der Waals surface area contributed by atoms with E-state index in [1.807, 2.05) is 0 Å². The number of nitrogens with two attached hydrogens (primary N) is 1. The summed E-state index contributed by atoms with van der Waals surface area (Å²) in [4.78, 5) is 2.49. The van der Waals surface area contributed by atoms with E-state index in [-0.39, 0.29) is 0 Å². The molecule has 0 amide bonds. The van der Waals surface area contributed by atoms with E-state index in [0.29, 0.717) is 6.04 Å². The van der Waals surface area contributed by atoms with Crippen LogP contribution in [0.2, 0.25) is 0 Å². The minimum Gasteiger partial charge on any atom is -0.328 e. The second kappa shape index (κ2) is 5.01. The lowest BCUT2D eigenvalue weighted by Gasteiger charge is -2.29. The maximum atomic E-state index is 5.78. The highest BCUT2D eigenvalue weighted by Gasteiger charge is 2.14. The maximum Gasteiger partial charge on any atom is 0.00631 e. The summed E-state index contributed by atoms with van der Waals surface area (Å²) in [5.41, 5.74) is 5.78. The van der Waals surface area contributed by atoms with Crippen LogP contribution in [0.3, 0.4) is 0 Å². The molecule has 2 nitrogen and oxygen atoms in total. The summed E-state index contributed by atoms with van der Waals surface area (Å²) in [6, 6.07) is 0.460. The Hall–Kier alpha value is 0.270. The van der Waals surface area contributed by atoms with Gasteiger partial charge < -0.3 is 10.6 Å². The molecule has 1 heterocycles. The number of likely N-dealkylation sites (tertiary alicyclic amines) is 1. The molecule has 1 aliphatic heterocycles. The quantitative estimate of drug-likeness (QED) is 0.618. The molecule has 1 fully saturated rings. The third-order valence-electron chi connectivity index (χ3n) is 2.26. The average molecular weight is 174 g/mol. The van der Waals surface area contributed by atoms with Crippen LogP contribution >= 0.6 is 12.6 Å². The molecule has 3 heteroatoms. The van der Waals surface area contributed by atoms with Gasteiger partial charge in [-0.1, -0.05) is 0 Å². The molecule has 1 rings (SSSR count). The Bertz CT molecular complexity index is 97.5. The van der Waals surface area contributed by atoms with Crippen molar-refractivity contribution in [1.82, 2.24) is 4.90 Å². The van der Waals surface area contributed by atoms with Gasteiger partial charge in [0.05, 0.1) is 0 Å². The first kappa shape index (κ1) is 9.36. The van der Waals surface area contributed by atoms with E-state index in [9.17, 15) is 0 Å². The van der Waals surface area contributed by atoms with Gasteiger partial charge in [-0.2, -0.15) is 12.6 Å². The van der Waals surface area contributed by atoms with E-state index in [0.717, 1.165) is 5.75 Å². The number of nitrogens with zero attached hydrogens (tertiary/aromatic N) is 1. The molecule has 1 aliphatic rings. The Labute approximate surface area is 74.5 Å². The van der Waals surface area contributed by atoms with Gasteiger partial charge in [0.1, 0.15) is 0 Å². The lowest BCUT2D eigenvalue weighted by atomic mass is 10.1. The zero-order valence-electron chi connectivity index (χ0n) is 7.00. The Morgan fingerprint density at radius 2 is 2.00 bits per heavy atom. The van der Waals surface area contributed by atoms with Gasteiger partial charge in [-0.15, -0.1) is 0 Å².